The molecule has 0 aliphatic heterocycles. The van der Waals surface area contributed by atoms with Gasteiger partial charge in [0.1, 0.15) is 0 Å². The molecule has 1 aliphatic carbocycles. The molecule has 1 aromatic rings. The van der Waals surface area contributed by atoms with Crippen LogP contribution in [0.25, 0.3) is 0 Å². The van der Waals surface area contributed by atoms with Crippen molar-refractivity contribution >= 4 is 11.6 Å². The van der Waals surface area contributed by atoms with Gasteiger partial charge in [0.15, 0.2) is 0 Å². The zero-order chi connectivity index (χ0) is 13.1. The fourth-order valence-corrected chi connectivity index (χ4v) is 2.68. The number of carbonyl (C=O) groups is 1. The predicted octanol–water partition coefficient (Wildman–Crippen LogP) is 3.85. The quantitative estimate of drug-likeness (QED) is 0.792. The van der Waals surface area contributed by atoms with Crippen LogP contribution < -0.4 is 4.90 Å². The molecule has 2 nitrogen and oxygen atoms in total. The first-order valence-corrected chi connectivity index (χ1v) is 6.91. The normalized spacial score (nSPS) is 15.9. The Balaban J connectivity index is 2.02. The molecule has 0 aromatic heterocycles. The van der Waals surface area contributed by atoms with Crippen molar-refractivity contribution in [3.05, 3.63) is 29.3 Å². The molecule has 18 heavy (non-hydrogen) atoms. The Hall–Kier alpha value is -1.31. The van der Waals surface area contributed by atoms with E-state index in [2.05, 4.69) is 26.0 Å². The lowest BCUT2D eigenvalue weighted by Gasteiger charge is -2.20. The first kappa shape index (κ1) is 13.1. The number of amides is 1. The minimum atomic E-state index is 0.255. The molecule has 1 amide bonds. The average molecular weight is 245 g/mol. The van der Waals surface area contributed by atoms with Gasteiger partial charge >= 0.3 is 0 Å². The number of nitrogens with zero attached hydrogens (tertiary/aromatic N) is 1. The summed E-state index contributed by atoms with van der Waals surface area (Å²) in [6.07, 6.45) is 5.76. The van der Waals surface area contributed by atoms with Gasteiger partial charge in [0.05, 0.1) is 0 Å². The van der Waals surface area contributed by atoms with E-state index in [1.54, 1.807) is 0 Å². The summed E-state index contributed by atoms with van der Waals surface area (Å²) in [5.41, 5.74) is 3.53. The van der Waals surface area contributed by atoms with Crippen LogP contribution in [0.2, 0.25) is 0 Å². The summed E-state index contributed by atoms with van der Waals surface area (Å²) in [6.45, 7) is 4.19. The minimum Gasteiger partial charge on any atom is -0.315 e. The molecule has 1 saturated carbocycles. The molecule has 0 unspecified atom stereocenters. The topological polar surface area (TPSA) is 20.3 Å². The second-order valence-corrected chi connectivity index (χ2v) is 5.58. The highest BCUT2D eigenvalue weighted by atomic mass is 16.2. The van der Waals surface area contributed by atoms with Crippen LogP contribution in [0.1, 0.15) is 43.2 Å². The van der Waals surface area contributed by atoms with E-state index >= 15 is 0 Å². The fraction of sp³-hybridized carbons (Fsp3) is 0.562. The Bertz CT molecular complexity index is 433. The van der Waals surface area contributed by atoms with Crippen LogP contribution in [0.3, 0.4) is 0 Å². The summed E-state index contributed by atoms with van der Waals surface area (Å²) in [4.78, 5) is 14.0. The number of anilines is 1. The SMILES string of the molecule is Cc1ccc(N(C)C(=O)CC2CCCC2)cc1C. The molecule has 0 radical (unpaired) electrons. The molecule has 0 N–H and O–H groups in total. The van der Waals surface area contributed by atoms with E-state index in [1.807, 2.05) is 18.0 Å². The van der Waals surface area contributed by atoms with Gasteiger partial charge in [-0.3, -0.25) is 4.79 Å². The van der Waals surface area contributed by atoms with Crippen LogP contribution in [0.15, 0.2) is 18.2 Å². The minimum absolute atomic E-state index is 0.255. The van der Waals surface area contributed by atoms with Gasteiger partial charge in [0.2, 0.25) is 5.91 Å². The largest absolute Gasteiger partial charge is 0.315 e. The molecule has 1 aromatic carbocycles. The van der Waals surface area contributed by atoms with Crippen LogP contribution in [-0.2, 0) is 4.79 Å². The third-order valence-electron chi connectivity index (χ3n) is 4.19. The zero-order valence-corrected chi connectivity index (χ0v) is 11.7. The molecule has 0 atom stereocenters. The zero-order valence-electron chi connectivity index (χ0n) is 11.7. The summed E-state index contributed by atoms with van der Waals surface area (Å²) >= 11 is 0. The van der Waals surface area contributed by atoms with Crippen LogP contribution in [-0.4, -0.2) is 13.0 Å². The van der Waals surface area contributed by atoms with Crippen molar-refractivity contribution in [2.24, 2.45) is 5.92 Å². The maximum Gasteiger partial charge on any atom is 0.226 e. The van der Waals surface area contributed by atoms with E-state index in [9.17, 15) is 4.79 Å². The Kier molecular flexibility index (Phi) is 4.05. The van der Waals surface area contributed by atoms with E-state index in [0.29, 0.717) is 12.3 Å². The highest BCUT2D eigenvalue weighted by Gasteiger charge is 2.21. The monoisotopic (exact) mass is 245 g/mol. The first-order valence-electron chi connectivity index (χ1n) is 6.91. The van der Waals surface area contributed by atoms with E-state index < -0.39 is 0 Å². The second-order valence-electron chi connectivity index (χ2n) is 5.58. The molecule has 98 valence electrons. The number of rotatable bonds is 3. The lowest BCUT2D eigenvalue weighted by molar-refractivity contribution is -0.119. The average Bonchev–Trinajstić information content (AvgIpc) is 2.84. The van der Waals surface area contributed by atoms with Crippen molar-refractivity contribution in [2.45, 2.75) is 46.0 Å². The Morgan fingerprint density at radius 1 is 1.22 bits per heavy atom. The summed E-state index contributed by atoms with van der Waals surface area (Å²) in [5.74, 6) is 0.872. The molecule has 0 spiro atoms. The van der Waals surface area contributed by atoms with Crippen molar-refractivity contribution in [2.75, 3.05) is 11.9 Å². The van der Waals surface area contributed by atoms with Crippen molar-refractivity contribution in [1.82, 2.24) is 0 Å². The van der Waals surface area contributed by atoms with E-state index in [4.69, 9.17) is 0 Å². The molecule has 2 rings (SSSR count). The summed E-state index contributed by atoms with van der Waals surface area (Å²) in [5, 5.41) is 0. The van der Waals surface area contributed by atoms with Gasteiger partial charge in [0.25, 0.3) is 0 Å². The smallest absolute Gasteiger partial charge is 0.226 e. The predicted molar refractivity (Wildman–Crippen MR) is 75.9 cm³/mol. The van der Waals surface area contributed by atoms with Crippen molar-refractivity contribution in [3.63, 3.8) is 0 Å². The molecule has 1 fully saturated rings. The molecular formula is C16H23NO. The van der Waals surface area contributed by atoms with Crippen LogP contribution in [0.4, 0.5) is 5.69 Å². The van der Waals surface area contributed by atoms with E-state index in [1.165, 1.54) is 36.8 Å². The maximum atomic E-state index is 12.2. The first-order chi connectivity index (χ1) is 8.58. The van der Waals surface area contributed by atoms with Crippen molar-refractivity contribution < 1.29 is 4.79 Å². The molecule has 1 aliphatic rings. The molecule has 0 saturated heterocycles. The standard InChI is InChI=1S/C16H23NO/c1-12-8-9-15(10-13(12)2)17(3)16(18)11-14-6-4-5-7-14/h8-10,14H,4-7,11H2,1-3H3. The van der Waals surface area contributed by atoms with Gasteiger partial charge < -0.3 is 4.90 Å². The van der Waals surface area contributed by atoms with Crippen LogP contribution in [0.5, 0.6) is 0 Å². The summed E-state index contributed by atoms with van der Waals surface area (Å²) in [7, 11) is 1.89. The number of aryl methyl sites for hydroxylation is 2. The Morgan fingerprint density at radius 2 is 1.89 bits per heavy atom. The van der Waals surface area contributed by atoms with Crippen LogP contribution >= 0.6 is 0 Å². The Morgan fingerprint density at radius 3 is 2.50 bits per heavy atom. The van der Waals surface area contributed by atoms with Gasteiger partial charge in [-0.1, -0.05) is 18.9 Å². The van der Waals surface area contributed by atoms with Gasteiger partial charge in [-0.15, -0.1) is 0 Å². The van der Waals surface area contributed by atoms with Gasteiger partial charge in [-0.05, 0) is 55.9 Å². The van der Waals surface area contributed by atoms with Crippen molar-refractivity contribution in [1.29, 1.82) is 0 Å². The van der Waals surface area contributed by atoms with Gasteiger partial charge in [-0.25, -0.2) is 0 Å². The number of hydrogen-bond donors (Lipinski definition) is 0. The molecule has 0 bridgehead atoms. The van der Waals surface area contributed by atoms with Crippen LogP contribution in [0, 0.1) is 19.8 Å². The molecule has 0 heterocycles. The maximum absolute atomic E-state index is 12.2. The van der Waals surface area contributed by atoms with Gasteiger partial charge in [-0.2, -0.15) is 0 Å². The fourth-order valence-electron chi connectivity index (χ4n) is 2.68. The van der Waals surface area contributed by atoms with E-state index in [-0.39, 0.29) is 5.91 Å². The number of carbonyl (C=O) groups excluding carboxylic acids is 1. The lowest BCUT2D eigenvalue weighted by Crippen LogP contribution is -2.27. The number of benzene rings is 1. The van der Waals surface area contributed by atoms with Gasteiger partial charge in [0, 0.05) is 19.2 Å². The highest BCUT2D eigenvalue weighted by molar-refractivity contribution is 5.93. The third kappa shape index (κ3) is 2.92. The lowest BCUT2D eigenvalue weighted by atomic mass is 10.0. The molecule has 2 heteroatoms. The second kappa shape index (κ2) is 5.55. The van der Waals surface area contributed by atoms with E-state index in [0.717, 1.165) is 5.69 Å². The molecular weight excluding hydrogens is 222 g/mol. The Labute approximate surface area is 110 Å². The van der Waals surface area contributed by atoms with Crippen molar-refractivity contribution in [3.8, 4) is 0 Å². The summed E-state index contributed by atoms with van der Waals surface area (Å²) < 4.78 is 0. The highest BCUT2D eigenvalue weighted by Crippen LogP contribution is 2.28. The number of hydrogen-bond acceptors (Lipinski definition) is 1. The summed E-state index contributed by atoms with van der Waals surface area (Å²) in [6, 6.07) is 6.22. The third-order valence-corrected chi connectivity index (χ3v) is 4.19.